The summed E-state index contributed by atoms with van der Waals surface area (Å²) in [6, 6.07) is 15.6. The summed E-state index contributed by atoms with van der Waals surface area (Å²) in [5.74, 6) is -0.636. The maximum Gasteiger partial charge on any atom is 0.359 e. The van der Waals surface area contributed by atoms with E-state index in [4.69, 9.17) is 10.00 Å². The predicted molar refractivity (Wildman–Crippen MR) is 96.7 cm³/mol. The Labute approximate surface area is 150 Å². The van der Waals surface area contributed by atoms with Gasteiger partial charge in [-0.15, -0.1) is 0 Å². The maximum atomic E-state index is 12.6. The molecule has 0 unspecified atom stereocenters. The number of fused-ring (bicyclic) bond motifs is 1. The molecule has 3 rings (SSSR count). The van der Waals surface area contributed by atoms with E-state index in [-0.39, 0.29) is 23.9 Å². The molecule has 0 aliphatic carbocycles. The summed E-state index contributed by atoms with van der Waals surface area (Å²) in [5.41, 5.74) is 0.903. The van der Waals surface area contributed by atoms with Gasteiger partial charge in [-0.2, -0.15) is 10.4 Å². The normalized spacial score (nSPS) is 10.7. The summed E-state index contributed by atoms with van der Waals surface area (Å²) in [7, 11) is 0. The van der Waals surface area contributed by atoms with E-state index in [1.165, 1.54) is 4.68 Å². The quantitative estimate of drug-likeness (QED) is 0.677. The molecule has 6 nitrogen and oxygen atoms in total. The van der Waals surface area contributed by atoms with Gasteiger partial charge in [-0.1, -0.05) is 36.4 Å². The zero-order chi connectivity index (χ0) is 18.7. The van der Waals surface area contributed by atoms with Gasteiger partial charge < -0.3 is 4.74 Å². The van der Waals surface area contributed by atoms with E-state index in [1.54, 1.807) is 48.5 Å². The Kier molecular flexibility index (Phi) is 4.81. The summed E-state index contributed by atoms with van der Waals surface area (Å²) in [5, 5.41) is 14.2. The average molecular weight is 347 g/mol. The molecule has 0 fully saturated rings. The summed E-state index contributed by atoms with van der Waals surface area (Å²) in [6.45, 7) is 3.60. The lowest BCUT2D eigenvalue weighted by Gasteiger charge is -2.13. The minimum absolute atomic E-state index is 0.0423. The smallest absolute Gasteiger partial charge is 0.359 e. The number of carbonyl (C=O) groups excluding carboxylic acids is 1. The third-order valence-electron chi connectivity index (χ3n) is 4.01. The van der Waals surface area contributed by atoms with Crippen LogP contribution >= 0.6 is 0 Å². The first-order chi connectivity index (χ1) is 12.5. The summed E-state index contributed by atoms with van der Waals surface area (Å²) in [4.78, 5) is 25.2. The molecule has 0 spiro atoms. The summed E-state index contributed by atoms with van der Waals surface area (Å²) >= 11 is 0. The van der Waals surface area contributed by atoms with E-state index in [9.17, 15) is 9.59 Å². The molecule has 2 aromatic carbocycles. The van der Waals surface area contributed by atoms with Gasteiger partial charge in [0.15, 0.2) is 5.69 Å². The monoisotopic (exact) mass is 347 g/mol. The van der Waals surface area contributed by atoms with Crippen LogP contribution in [0.2, 0.25) is 0 Å². The second kappa shape index (κ2) is 7.19. The van der Waals surface area contributed by atoms with E-state index >= 15 is 0 Å². The van der Waals surface area contributed by atoms with E-state index in [0.29, 0.717) is 21.9 Å². The largest absolute Gasteiger partial charge is 0.456 e. The van der Waals surface area contributed by atoms with Gasteiger partial charge in [0.1, 0.15) is 6.61 Å². The Hall–Kier alpha value is -3.46. The van der Waals surface area contributed by atoms with Crippen molar-refractivity contribution in [3.8, 4) is 6.07 Å². The second-order valence-electron chi connectivity index (χ2n) is 6.08. The fourth-order valence-electron chi connectivity index (χ4n) is 2.67. The molecule has 0 saturated carbocycles. The van der Waals surface area contributed by atoms with Gasteiger partial charge in [0.05, 0.1) is 23.1 Å². The van der Waals surface area contributed by atoms with Crippen LogP contribution in [-0.2, 0) is 11.3 Å². The second-order valence-corrected chi connectivity index (χ2v) is 6.08. The van der Waals surface area contributed by atoms with Crippen LogP contribution in [-0.4, -0.2) is 15.7 Å². The highest BCUT2D eigenvalue weighted by atomic mass is 16.5. The molecule has 130 valence electrons. The van der Waals surface area contributed by atoms with Gasteiger partial charge >= 0.3 is 5.97 Å². The fraction of sp³-hybridized carbons (Fsp3) is 0.200. The number of benzene rings is 2. The molecule has 0 saturated heterocycles. The molecule has 3 aromatic rings. The van der Waals surface area contributed by atoms with Crippen LogP contribution in [0, 0.1) is 11.3 Å². The van der Waals surface area contributed by atoms with Crippen LogP contribution in [0.25, 0.3) is 10.8 Å². The minimum atomic E-state index is -0.636. The van der Waals surface area contributed by atoms with Crippen molar-refractivity contribution >= 4 is 16.7 Å². The first-order valence-electron chi connectivity index (χ1n) is 8.19. The molecular weight excluding hydrogens is 330 g/mol. The van der Waals surface area contributed by atoms with Crippen LogP contribution < -0.4 is 5.56 Å². The van der Waals surface area contributed by atoms with Crippen molar-refractivity contribution in [1.82, 2.24) is 9.78 Å². The van der Waals surface area contributed by atoms with Crippen molar-refractivity contribution in [3.63, 3.8) is 0 Å². The molecule has 26 heavy (non-hydrogen) atoms. The first-order valence-corrected chi connectivity index (χ1v) is 8.19. The lowest BCUT2D eigenvalue weighted by Crippen LogP contribution is -2.27. The molecular formula is C20H17N3O3. The number of nitriles is 1. The van der Waals surface area contributed by atoms with Crippen LogP contribution in [0.1, 0.15) is 41.5 Å². The van der Waals surface area contributed by atoms with Crippen LogP contribution in [0.15, 0.2) is 53.3 Å². The number of rotatable bonds is 4. The Morgan fingerprint density at radius 3 is 2.50 bits per heavy atom. The van der Waals surface area contributed by atoms with Crippen molar-refractivity contribution in [3.05, 3.63) is 75.7 Å². The standard InChI is InChI=1S/C20H17N3O3/c1-13(2)23-19(24)17-10-6-5-9-16(17)18(22-23)20(25)26-12-15-8-4-3-7-14(15)11-21/h3-10,13H,12H2,1-2H3. The number of hydrogen-bond donors (Lipinski definition) is 0. The van der Waals surface area contributed by atoms with Crippen molar-refractivity contribution in [1.29, 1.82) is 5.26 Å². The van der Waals surface area contributed by atoms with Crippen molar-refractivity contribution in [2.45, 2.75) is 26.5 Å². The van der Waals surface area contributed by atoms with Crippen molar-refractivity contribution in [2.24, 2.45) is 0 Å². The van der Waals surface area contributed by atoms with Gasteiger partial charge in [-0.25, -0.2) is 9.48 Å². The van der Waals surface area contributed by atoms with Crippen LogP contribution in [0.3, 0.4) is 0 Å². The maximum absolute atomic E-state index is 12.6. The molecule has 1 heterocycles. The van der Waals surface area contributed by atoms with Gasteiger partial charge in [0.2, 0.25) is 0 Å². The topological polar surface area (TPSA) is 85.0 Å². The van der Waals surface area contributed by atoms with E-state index in [1.807, 2.05) is 13.8 Å². The number of esters is 1. The number of hydrogen-bond acceptors (Lipinski definition) is 5. The summed E-state index contributed by atoms with van der Waals surface area (Å²) in [6.07, 6.45) is 0. The first kappa shape index (κ1) is 17.4. The highest BCUT2D eigenvalue weighted by Gasteiger charge is 2.19. The summed E-state index contributed by atoms with van der Waals surface area (Å²) < 4.78 is 6.65. The molecule has 0 bridgehead atoms. The minimum Gasteiger partial charge on any atom is -0.456 e. The number of ether oxygens (including phenoxy) is 1. The number of carbonyl (C=O) groups is 1. The average Bonchev–Trinajstić information content (AvgIpc) is 2.66. The lowest BCUT2D eigenvalue weighted by molar-refractivity contribution is 0.0465. The molecule has 1 aromatic heterocycles. The zero-order valence-electron chi connectivity index (χ0n) is 14.5. The van der Waals surface area contributed by atoms with E-state index in [2.05, 4.69) is 11.2 Å². The predicted octanol–water partition coefficient (Wildman–Crippen LogP) is 3.21. The van der Waals surface area contributed by atoms with Gasteiger partial charge in [-0.3, -0.25) is 4.79 Å². The molecule has 0 atom stereocenters. The van der Waals surface area contributed by atoms with Crippen molar-refractivity contribution < 1.29 is 9.53 Å². The molecule has 0 N–H and O–H groups in total. The van der Waals surface area contributed by atoms with Gasteiger partial charge in [0.25, 0.3) is 5.56 Å². The van der Waals surface area contributed by atoms with Gasteiger partial charge in [0, 0.05) is 10.9 Å². The molecule has 0 aliphatic heterocycles. The Bertz CT molecular complexity index is 1080. The van der Waals surface area contributed by atoms with Crippen LogP contribution in [0.5, 0.6) is 0 Å². The molecule has 0 radical (unpaired) electrons. The Morgan fingerprint density at radius 2 is 1.81 bits per heavy atom. The Balaban J connectivity index is 1.99. The third kappa shape index (κ3) is 3.20. The highest BCUT2D eigenvalue weighted by molar-refractivity contribution is 6.02. The Morgan fingerprint density at radius 1 is 1.15 bits per heavy atom. The van der Waals surface area contributed by atoms with Gasteiger partial charge in [-0.05, 0) is 26.0 Å². The molecule has 6 heteroatoms. The van der Waals surface area contributed by atoms with Crippen LogP contribution in [0.4, 0.5) is 0 Å². The molecule has 0 aliphatic rings. The SMILES string of the molecule is CC(C)n1nc(C(=O)OCc2ccccc2C#N)c2ccccc2c1=O. The zero-order valence-corrected chi connectivity index (χ0v) is 14.5. The number of aromatic nitrogens is 2. The van der Waals surface area contributed by atoms with Crippen molar-refractivity contribution in [2.75, 3.05) is 0 Å². The fourth-order valence-corrected chi connectivity index (χ4v) is 2.67. The molecule has 0 amide bonds. The number of nitrogens with zero attached hydrogens (tertiary/aromatic N) is 3. The lowest BCUT2D eigenvalue weighted by atomic mass is 10.1. The third-order valence-corrected chi connectivity index (χ3v) is 4.01. The van der Waals surface area contributed by atoms with E-state index < -0.39 is 5.97 Å². The van der Waals surface area contributed by atoms with E-state index in [0.717, 1.165) is 0 Å². The highest BCUT2D eigenvalue weighted by Crippen LogP contribution is 2.17.